The molecule has 5 nitrogen and oxygen atoms in total. The summed E-state index contributed by atoms with van der Waals surface area (Å²) in [5, 5.41) is 0.680. The molecule has 1 aliphatic carbocycles. The summed E-state index contributed by atoms with van der Waals surface area (Å²) in [5.41, 5.74) is 16.9. The molecule has 0 fully saturated rings. The Balaban J connectivity index is 1.89. The number of anilines is 1. The van der Waals surface area contributed by atoms with Crippen LogP contribution in [-0.4, -0.2) is 42.3 Å². The number of halogens is 1. The van der Waals surface area contributed by atoms with E-state index in [1.165, 1.54) is 0 Å². The zero-order chi connectivity index (χ0) is 19.6. The lowest BCUT2D eigenvalue weighted by Gasteiger charge is -2.40. The summed E-state index contributed by atoms with van der Waals surface area (Å²) in [6.45, 7) is 9.97. The van der Waals surface area contributed by atoms with Crippen molar-refractivity contribution in [2.75, 3.05) is 24.5 Å². The van der Waals surface area contributed by atoms with Crippen molar-refractivity contribution in [3.8, 4) is 0 Å². The van der Waals surface area contributed by atoms with Crippen molar-refractivity contribution in [2.24, 2.45) is 16.5 Å². The number of hydrogen-bond acceptors (Lipinski definition) is 5. The molecular weight excluding hydrogens is 358 g/mol. The fourth-order valence-electron chi connectivity index (χ4n) is 3.87. The predicted octanol–water partition coefficient (Wildman–Crippen LogP) is 3.81. The SMILES string of the molecule is CCN(CC)CCCC(C)N1C2=CC(N)=CC(N)C2=Nc2cc(Cl)ccc21. The summed E-state index contributed by atoms with van der Waals surface area (Å²) in [6.07, 6.45) is 6.04. The van der Waals surface area contributed by atoms with Crippen molar-refractivity contribution >= 4 is 28.7 Å². The maximum Gasteiger partial charge on any atom is 0.0886 e. The molecule has 0 spiro atoms. The van der Waals surface area contributed by atoms with Crippen LogP contribution in [0.3, 0.4) is 0 Å². The van der Waals surface area contributed by atoms with E-state index in [0.29, 0.717) is 16.8 Å². The Bertz CT molecular complexity index is 779. The van der Waals surface area contributed by atoms with E-state index in [1.807, 2.05) is 30.4 Å². The van der Waals surface area contributed by atoms with Gasteiger partial charge < -0.3 is 21.3 Å². The third-order valence-corrected chi connectivity index (χ3v) is 5.62. The smallest absolute Gasteiger partial charge is 0.0886 e. The van der Waals surface area contributed by atoms with Gasteiger partial charge in [0.2, 0.25) is 0 Å². The third kappa shape index (κ3) is 4.21. The van der Waals surface area contributed by atoms with Crippen LogP contribution in [-0.2, 0) is 0 Å². The van der Waals surface area contributed by atoms with Gasteiger partial charge in [-0.2, -0.15) is 0 Å². The molecule has 6 heteroatoms. The summed E-state index contributed by atoms with van der Waals surface area (Å²) in [6, 6.07) is 5.86. The van der Waals surface area contributed by atoms with E-state index in [-0.39, 0.29) is 6.04 Å². The lowest BCUT2D eigenvalue weighted by atomic mass is 9.95. The van der Waals surface area contributed by atoms with E-state index in [0.717, 1.165) is 55.3 Å². The van der Waals surface area contributed by atoms with Crippen LogP contribution in [0.25, 0.3) is 0 Å². The monoisotopic (exact) mass is 387 g/mol. The van der Waals surface area contributed by atoms with Crippen LogP contribution in [0.4, 0.5) is 11.4 Å². The van der Waals surface area contributed by atoms with Crippen LogP contribution in [0, 0.1) is 0 Å². The lowest BCUT2D eigenvalue weighted by molar-refractivity contribution is 0.294. The molecule has 3 rings (SSSR count). The molecule has 0 radical (unpaired) electrons. The Morgan fingerprint density at radius 1 is 1.30 bits per heavy atom. The van der Waals surface area contributed by atoms with Gasteiger partial charge in [0.1, 0.15) is 0 Å². The fraction of sp³-hybridized carbons (Fsp3) is 0.476. The third-order valence-electron chi connectivity index (χ3n) is 5.38. The first kappa shape index (κ1) is 19.9. The minimum Gasteiger partial charge on any atom is -0.399 e. The van der Waals surface area contributed by atoms with Crippen LogP contribution in [0.1, 0.15) is 33.6 Å². The molecule has 1 heterocycles. The predicted molar refractivity (Wildman–Crippen MR) is 116 cm³/mol. The summed E-state index contributed by atoms with van der Waals surface area (Å²) in [4.78, 5) is 9.59. The second kappa shape index (κ2) is 8.46. The van der Waals surface area contributed by atoms with E-state index in [9.17, 15) is 0 Å². The number of allylic oxidation sites excluding steroid dienone is 1. The highest BCUT2D eigenvalue weighted by Crippen LogP contribution is 2.41. The van der Waals surface area contributed by atoms with E-state index in [2.05, 4.69) is 30.6 Å². The second-order valence-corrected chi connectivity index (χ2v) is 7.68. The average molecular weight is 388 g/mol. The molecule has 0 amide bonds. The molecule has 4 N–H and O–H groups in total. The second-order valence-electron chi connectivity index (χ2n) is 7.24. The van der Waals surface area contributed by atoms with Crippen molar-refractivity contribution < 1.29 is 0 Å². The van der Waals surface area contributed by atoms with Crippen molar-refractivity contribution in [1.29, 1.82) is 0 Å². The van der Waals surface area contributed by atoms with Crippen molar-refractivity contribution in [2.45, 2.75) is 45.7 Å². The molecule has 0 saturated heterocycles. The Hall–Kier alpha value is -1.82. The first-order chi connectivity index (χ1) is 12.9. The van der Waals surface area contributed by atoms with E-state index < -0.39 is 0 Å². The number of benzene rings is 1. The standard InChI is InChI=1S/C21H30ClN5/c1-4-26(5-2)10-6-7-14(3)27-19-9-8-15(22)11-18(19)25-21-17(24)12-16(23)13-20(21)27/h8-9,11-14,17H,4-7,10,23-24H2,1-3H3. The highest BCUT2D eigenvalue weighted by molar-refractivity contribution is 6.31. The quantitative estimate of drug-likeness (QED) is 0.746. The number of aliphatic imine (C=N–C) groups is 1. The molecule has 0 aromatic heterocycles. The van der Waals surface area contributed by atoms with Gasteiger partial charge in [-0.05, 0) is 69.8 Å². The largest absolute Gasteiger partial charge is 0.399 e. The fourth-order valence-corrected chi connectivity index (χ4v) is 4.03. The number of rotatable bonds is 7. The maximum atomic E-state index is 6.32. The van der Waals surface area contributed by atoms with Gasteiger partial charge in [-0.15, -0.1) is 0 Å². The number of hydrogen-bond donors (Lipinski definition) is 2. The van der Waals surface area contributed by atoms with Crippen LogP contribution in [0.5, 0.6) is 0 Å². The molecule has 2 atom stereocenters. The van der Waals surface area contributed by atoms with E-state index >= 15 is 0 Å². The summed E-state index contributed by atoms with van der Waals surface area (Å²) < 4.78 is 0. The molecule has 0 bridgehead atoms. The highest BCUT2D eigenvalue weighted by atomic mass is 35.5. The molecule has 2 aliphatic rings. The topological polar surface area (TPSA) is 70.9 Å². The van der Waals surface area contributed by atoms with Gasteiger partial charge in [0, 0.05) is 16.8 Å². The average Bonchev–Trinajstić information content (AvgIpc) is 2.63. The van der Waals surface area contributed by atoms with Gasteiger partial charge in [-0.1, -0.05) is 25.4 Å². The molecular formula is C21H30ClN5. The molecule has 146 valence electrons. The van der Waals surface area contributed by atoms with E-state index in [1.54, 1.807) is 0 Å². The van der Waals surface area contributed by atoms with Gasteiger partial charge in [-0.3, -0.25) is 0 Å². The summed E-state index contributed by atoms with van der Waals surface area (Å²) in [7, 11) is 0. The minimum atomic E-state index is -0.303. The first-order valence-electron chi connectivity index (χ1n) is 9.79. The lowest BCUT2D eigenvalue weighted by Crippen LogP contribution is -2.45. The normalized spacial score (nSPS) is 19.9. The van der Waals surface area contributed by atoms with E-state index in [4.69, 9.17) is 28.1 Å². The van der Waals surface area contributed by atoms with Crippen LogP contribution in [0.2, 0.25) is 5.02 Å². The first-order valence-corrected chi connectivity index (χ1v) is 10.2. The van der Waals surface area contributed by atoms with Gasteiger partial charge >= 0.3 is 0 Å². The Kier molecular flexibility index (Phi) is 6.25. The van der Waals surface area contributed by atoms with Crippen LogP contribution >= 0.6 is 11.6 Å². The summed E-state index contributed by atoms with van der Waals surface area (Å²) in [5.74, 6) is 0. The molecule has 1 aromatic rings. The van der Waals surface area contributed by atoms with Crippen LogP contribution in [0.15, 0.2) is 46.7 Å². The number of nitrogens with zero attached hydrogens (tertiary/aromatic N) is 3. The Morgan fingerprint density at radius 2 is 2.04 bits per heavy atom. The van der Waals surface area contributed by atoms with Crippen LogP contribution < -0.4 is 16.4 Å². The molecule has 27 heavy (non-hydrogen) atoms. The van der Waals surface area contributed by atoms with Crippen molar-refractivity contribution in [3.05, 3.63) is 46.8 Å². The zero-order valence-corrected chi connectivity index (χ0v) is 17.2. The summed E-state index contributed by atoms with van der Waals surface area (Å²) >= 11 is 6.22. The Morgan fingerprint density at radius 3 is 2.74 bits per heavy atom. The van der Waals surface area contributed by atoms with Gasteiger partial charge in [0.05, 0.1) is 28.8 Å². The molecule has 0 saturated carbocycles. The zero-order valence-electron chi connectivity index (χ0n) is 16.5. The molecule has 2 unspecified atom stereocenters. The molecule has 1 aliphatic heterocycles. The van der Waals surface area contributed by atoms with Gasteiger partial charge in [0.25, 0.3) is 0 Å². The van der Waals surface area contributed by atoms with Gasteiger partial charge in [0.15, 0.2) is 0 Å². The minimum absolute atomic E-state index is 0.301. The number of fused-ring (bicyclic) bond motifs is 2. The Labute approximate surface area is 167 Å². The molecule has 1 aromatic carbocycles. The highest BCUT2D eigenvalue weighted by Gasteiger charge is 2.32. The maximum absolute atomic E-state index is 6.32. The number of nitrogens with two attached hydrogens (primary N) is 2. The van der Waals surface area contributed by atoms with Crippen molar-refractivity contribution in [1.82, 2.24) is 4.90 Å². The van der Waals surface area contributed by atoms with Crippen molar-refractivity contribution in [3.63, 3.8) is 0 Å². The van der Waals surface area contributed by atoms with Gasteiger partial charge in [-0.25, -0.2) is 4.99 Å².